The van der Waals surface area contributed by atoms with Gasteiger partial charge < -0.3 is 35.5 Å². The summed E-state index contributed by atoms with van der Waals surface area (Å²) in [5.74, 6) is 0.544. The molecule has 4 aromatic rings. The summed E-state index contributed by atoms with van der Waals surface area (Å²) < 4.78 is 18.3. The molecule has 1 unspecified atom stereocenters. The summed E-state index contributed by atoms with van der Waals surface area (Å²) in [5, 5.41) is 30.5. The van der Waals surface area contributed by atoms with E-state index in [0.717, 1.165) is 44.7 Å². The number of likely N-dealkylation sites (tertiary alicyclic amines) is 1. The number of nitrogen functional groups attached to an aromatic ring is 1. The number of amidine groups is 1. The molecule has 2 aromatic heterocycles. The fourth-order valence-corrected chi connectivity index (χ4v) is 4.81. The monoisotopic (exact) mass is 678 g/mol. The lowest BCUT2D eigenvalue weighted by atomic mass is 10.0. The minimum Gasteiger partial charge on any atom is -0.493 e. The van der Waals surface area contributed by atoms with Crippen LogP contribution in [-0.4, -0.2) is 93.1 Å². The zero-order valence-corrected chi connectivity index (χ0v) is 27.8. The van der Waals surface area contributed by atoms with E-state index in [0.29, 0.717) is 35.2 Å². The van der Waals surface area contributed by atoms with Gasteiger partial charge in [-0.2, -0.15) is 4.68 Å². The molecule has 1 saturated heterocycles. The molecule has 7 N–H and O–H groups in total. The van der Waals surface area contributed by atoms with E-state index in [9.17, 15) is 4.79 Å². The molecular formula is C33H42N8O8. The van der Waals surface area contributed by atoms with Gasteiger partial charge in [-0.15, -0.1) is 5.10 Å². The maximum Gasteiger partial charge on any atom is 0.349 e. The summed E-state index contributed by atoms with van der Waals surface area (Å²) in [6.07, 6.45) is 4.03. The number of H-pyrrole nitrogens is 1. The number of hydrogen-bond donors (Lipinski definition) is 6. The molecule has 0 bridgehead atoms. The Morgan fingerprint density at radius 1 is 1.00 bits per heavy atom. The first-order valence-electron chi connectivity index (χ1n) is 15.2. The predicted molar refractivity (Wildman–Crippen MR) is 182 cm³/mol. The number of hydrogen-bond acceptors (Lipinski definition) is 11. The predicted octanol–water partition coefficient (Wildman–Crippen LogP) is 3.11. The number of carbonyl (C=O) groups is 2. The van der Waals surface area contributed by atoms with Gasteiger partial charge in [-0.05, 0) is 80.0 Å². The molecule has 1 fully saturated rings. The zero-order valence-electron chi connectivity index (χ0n) is 27.8. The average molecular weight is 679 g/mol. The highest BCUT2D eigenvalue weighted by atomic mass is 16.5. The smallest absolute Gasteiger partial charge is 0.349 e. The summed E-state index contributed by atoms with van der Waals surface area (Å²) in [5.41, 5.74) is 7.27. The molecule has 1 aliphatic heterocycles. The number of nitrogens with zero attached hydrogens (tertiary/aromatic N) is 4. The third-order valence-electron chi connectivity index (χ3n) is 6.97. The van der Waals surface area contributed by atoms with Crippen LogP contribution in [0.4, 0.5) is 5.69 Å². The minimum atomic E-state index is -0.833. The number of aromatic nitrogens is 4. The normalized spacial score (nSPS) is 12.7. The standard InChI is InChI=1S/C29H34N8O4.2C2H4O2/c1-39-23-6-5-13-32-28(23)37-29(38)34-27(35-37)25(33-21-10-7-19(8-11-21)26(30)31)20-9-12-22(24(18-20)40-2)41-17-16-36-14-3-4-15-36;2*1-2(3)4/h5-13,18,25,33H,3-4,14-17H2,1-2H3,(H3,30,31)(H,34,35,38);2*1H3,(H,3,4). The molecule has 262 valence electrons. The van der Waals surface area contributed by atoms with Gasteiger partial charge in [-0.25, -0.2) is 9.78 Å². The molecule has 1 aliphatic rings. The van der Waals surface area contributed by atoms with Gasteiger partial charge >= 0.3 is 5.69 Å². The van der Waals surface area contributed by atoms with E-state index in [1.165, 1.54) is 24.6 Å². The Hall–Kier alpha value is -5.90. The number of aliphatic carboxylic acids is 2. The molecule has 0 amide bonds. The van der Waals surface area contributed by atoms with Crippen molar-refractivity contribution in [2.75, 3.05) is 45.8 Å². The van der Waals surface area contributed by atoms with E-state index in [2.05, 4.69) is 25.3 Å². The number of anilines is 1. The van der Waals surface area contributed by atoms with E-state index in [1.54, 1.807) is 37.6 Å². The zero-order chi connectivity index (χ0) is 35.9. The van der Waals surface area contributed by atoms with Crippen LogP contribution in [0.15, 0.2) is 65.6 Å². The van der Waals surface area contributed by atoms with Gasteiger partial charge in [-0.1, -0.05) is 6.07 Å². The third-order valence-corrected chi connectivity index (χ3v) is 6.97. The number of rotatable bonds is 12. The molecule has 3 heterocycles. The number of carboxylic acids is 2. The topological polar surface area (TPSA) is 231 Å². The van der Waals surface area contributed by atoms with E-state index in [4.69, 9.17) is 45.2 Å². The molecule has 1 atom stereocenters. The van der Waals surface area contributed by atoms with E-state index < -0.39 is 23.7 Å². The van der Waals surface area contributed by atoms with E-state index in [1.807, 2.05) is 30.3 Å². The van der Waals surface area contributed by atoms with Crippen LogP contribution in [0.3, 0.4) is 0 Å². The molecule has 0 aliphatic carbocycles. The summed E-state index contributed by atoms with van der Waals surface area (Å²) in [6, 6.07) is 15.6. The van der Waals surface area contributed by atoms with Gasteiger partial charge in [0.05, 0.1) is 14.2 Å². The van der Waals surface area contributed by atoms with Crippen molar-refractivity contribution in [3.05, 3.63) is 88.2 Å². The van der Waals surface area contributed by atoms with Crippen molar-refractivity contribution < 1.29 is 34.0 Å². The maximum atomic E-state index is 13.1. The number of methoxy groups -OCH3 is 2. The molecule has 16 nitrogen and oxygen atoms in total. The van der Waals surface area contributed by atoms with Crippen LogP contribution in [0.2, 0.25) is 0 Å². The van der Waals surface area contributed by atoms with Gasteiger partial charge in [-0.3, -0.25) is 24.9 Å². The number of carboxylic acid groups (broad SMARTS) is 2. The largest absolute Gasteiger partial charge is 0.493 e. The van der Waals surface area contributed by atoms with Crippen LogP contribution in [0, 0.1) is 5.41 Å². The Kier molecular flexibility index (Phi) is 14.1. The van der Waals surface area contributed by atoms with Crippen LogP contribution >= 0.6 is 0 Å². The Labute approximate surface area is 283 Å². The molecule has 0 radical (unpaired) electrons. The lowest BCUT2D eigenvalue weighted by molar-refractivity contribution is -0.135. The number of ether oxygens (including phenoxy) is 3. The fraction of sp³-hybridized carbons (Fsp3) is 0.333. The van der Waals surface area contributed by atoms with Gasteiger partial charge in [0, 0.05) is 37.8 Å². The van der Waals surface area contributed by atoms with Gasteiger partial charge in [0.1, 0.15) is 18.5 Å². The van der Waals surface area contributed by atoms with Crippen LogP contribution in [0.5, 0.6) is 17.2 Å². The lowest BCUT2D eigenvalue weighted by Gasteiger charge is -2.21. The quantitative estimate of drug-likeness (QED) is 0.0935. The maximum absolute atomic E-state index is 13.1. The Bertz CT molecular complexity index is 1730. The van der Waals surface area contributed by atoms with Crippen LogP contribution in [0.25, 0.3) is 5.82 Å². The van der Waals surface area contributed by atoms with Crippen molar-refractivity contribution in [3.63, 3.8) is 0 Å². The van der Waals surface area contributed by atoms with Gasteiger partial charge in [0.25, 0.3) is 11.9 Å². The second-order valence-electron chi connectivity index (χ2n) is 10.7. The van der Waals surface area contributed by atoms with Crippen molar-refractivity contribution in [2.24, 2.45) is 5.73 Å². The summed E-state index contributed by atoms with van der Waals surface area (Å²) >= 11 is 0. The van der Waals surface area contributed by atoms with Crippen molar-refractivity contribution in [1.82, 2.24) is 24.6 Å². The Morgan fingerprint density at radius 3 is 2.22 bits per heavy atom. The second-order valence-corrected chi connectivity index (χ2v) is 10.7. The van der Waals surface area contributed by atoms with E-state index >= 15 is 0 Å². The molecule has 2 aromatic carbocycles. The van der Waals surface area contributed by atoms with Crippen molar-refractivity contribution in [2.45, 2.75) is 32.7 Å². The lowest BCUT2D eigenvalue weighted by Crippen LogP contribution is -2.25. The minimum absolute atomic E-state index is 0.0227. The highest BCUT2D eigenvalue weighted by molar-refractivity contribution is 5.95. The van der Waals surface area contributed by atoms with Gasteiger partial charge in [0.15, 0.2) is 23.1 Å². The Balaban J connectivity index is 0.000000734. The first-order chi connectivity index (χ1) is 23.4. The summed E-state index contributed by atoms with van der Waals surface area (Å²) in [6.45, 7) is 5.80. The fourth-order valence-electron chi connectivity index (χ4n) is 4.81. The molecule has 5 rings (SSSR count). The van der Waals surface area contributed by atoms with E-state index in [-0.39, 0.29) is 11.7 Å². The number of nitrogens with one attached hydrogen (secondary N) is 3. The van der Waals surface area contributed by atoms with Crippen molar-refractivity contribution >= 4 is 23.5 Å². The van der Waals surface area contributed by atoms with Crippen LogP contribution in [0.1, 0.15) is 49.7 Å². The molecule has 0 spiro atoms. The van der Waals surface area contributed by atoms with Crippen LogP contribution in [-0.2, 0) is 9.59 Å². The Morgan fingerprint density at radius 2 is 1.63 bits per heavy atom. The first-order valence-corrected chi connectivity index (χ1v) is 15.2. The number of nitrogens with two attached hydrogens (primary N) is 1. The number of aromatic amines is 1. The molecule has 16 heteroatoms. The van der Waals surface area contributed by atoms with Crippen molar-refractivity contribution in [1.29, 1.82) is 5.41 Å². The van der Waals surface area contributed by atoms with Crippen molar-refractivity contribution in [3.8, 4) is 23.1 Å². The number of benzene rings is 2. The molecule has 0 saturated carbocycles. The summed E-state index contributed by atoms with van der Waals surface area (Å²) in [7, 11) is 3.11. The number of pyridine rings is 1. The molecule has 49 heavy (non-hydrogen) atoms. The third kappa shape index (κ3) is 11.4. The van der Waals surface area contributed by atoms with Crippen LogP contribution < -0.4 is 31.0 Å². The second kappa shape index (κ2) is 18.4. The SMILES string of the molecule is CC(=O)O.CC(=O)O.COc1cc(C(Nc2ccc(C(=N)N)cc2)c2nn(-c3ncccc3OC)c(=O)[nH]2)ccc1OCCN1CCCC1. The highest BCUT2D eigenvalue weighted by Gasteiger charge is 2.23. The average Bonchev–Trinajstić information content (AvgIpc) is 3.73. The summed E-state index contributed by atoms with van der Waals surface area (Å²) in [4.78, 5) is 40.6. The highest BCUT2D eigenvalue weighted by Crippen LogP contribution is 2.33. The van der Waals surface area contributed by atoms with Gasteiger partial charge in [0.2, 0.25) is 5.82 Å². The molecular weight excluding hydrogens is 636 g/mol. The first kappa shape index (κ1) is 37.6.